The van der Waals surface area contributed by atoms with Gasteiger partial charge in [0.05, 0.1) is 5.69 Å². The van der Waals surface area contributed by atoms with Gasteiger partial charge in [-0.1, -0.05) is 6.07 Å². The minimum atomic E-state index is -4.85. The van der Waals surface area contributed by atoms with Gasteiger partial charge in [-0.25, -0.2) is 4.39 Å². The molecule has 6 nitrogen and oxygen atoms in total. The largest absolute Gasteiger partial charge is 0.446 e. The van der Waals surface area contributed by atoms with Crippen molar-refractivity contribution >= 4 is 22.0 Å². The molecule has 0 aliphatic carbocycles. The van der Waals surface area contributed by atoms with Crippen molar-refractivity contribution in [3.05, 3.63) is 24.0 Å². The Balaban J connectivity index is 3.18. The Kier molecular flexibility index (Phi) is 3.45. The summed E-state index contributed by atoms with van der Waals surface area (Å²) < 4.78 is 46.5. The molecule has 0 atom stereocenters. The molecule has 1 amide bonds. The van der Waals surface area contributed by atoms with Crippen molar-refractivity contribution in [2.75, 3.05) is 5.32 Å². The summed E-state index contributed by atoms with van der Waals surface area (Å²) in [6, 6.07) is 3.40. The molecule has 0 spiro atoms. The van der Waals surface area contributed by atoms with E-state index in [1.165, 1.54) is 12.1 Å². The van der Waals surface area contributed by atoms with Gasteiger partial charge in [0, 0.05) is 6.92 Å². The number of carbonyl (C=O) groups excluding carboxylic acids is 1. The van der Waals surface area contributed by atoms with Gasteiger partial charge in [-0.3, -0.25) is 9.35 Å². The molecule has 0 unspecified atom stereocenters. The number of hydrogen-bond donors (Lipinski definition) is 2. The third-order valence-corrected chi connectivity index (χ3v) is 1.84. The lowest BCUT2D eigenvalue weighted by Gasteiger charge is -2.09. The van der Waals surface area contributed by atoms with E-state index in [0.717, 1.165) is 13.0 Å². The van der Waals surface area contributed by atoms with Crippen LogP contribution < -0.4 is 9.50 Å². The summed E-state index contributed by atoms with van der Waals surface area (Å²) in [7, 11) is -4.85. The number of amides is 1. The molecule has 8 heteroatoms. The summed E-state index contributed by atoms with van der Waals surface area (Å²) in [5, 5.41) is 2.16. The maximum Gasteiger partial charge on any atom is 0.446 e. The van der Waals surface area contributed by atoms with Gasteiger partial charge < -0.3 is 9.50 Å². The summed E-state index contributed by atoms with van der Waals surface area (Å²) in [4.78, 5) is 10.7. The monoisotopic (exact) mass is 249 g/mol. The van der Waals surface area contributed by atoms with Crippen LogP contribution in [-0.4, -0.2) is 18.9 Å². The third-order valence-electron chi connectivity index (χ3n) is 1.47. The van der Waals surface area contributed by atoms with Gasteiger partial charge in [0.25, 0.3) is 0 Å². The maximum atomic E-state index is 13.2. The van der Waals surface area contributed by atoms with Gasteiger partial charge in [0.2, 0.25) is 11.7 Å². The quantitative estimate of drug-likeness (QED) is 0.778. The molecule has 0 saturated heterocycles. The van der Waals surface area contributed by atoms with Crippen LogP contribution in [0.25, 0.3) is 0 Å². The Morgan fingerprint density at radius 2 is 2.12 bits per heavy atom. The second-order valence-electron chi connectivity index (χ2n) is 2.81. The molecule has 88 valence electrons. The first kappa shape index (κ1) is 12.4. The van der Waals surface area contributed by atoms with E-state index in [4.69, 9.17) is 4.55 Å². The first-order valence-electron chi connectivity index (χ1n) is 4.02. The standard InChI is InChI=1S/C8H8FNO5S/c1-5(11)10-7-4-2-3-6(9)8(7)15-16(12,13)14/h2-4H,1H3,(H,10,11)(H,12,13,14). The number of para-hydroxylation sites is 1. The molecule has 1 aromatic carbocycles. The van der Waals surface area contributed by atoms with Crippen LogP contribution in [0, 0.1) is 5.82 Å². The average molecular weight is 249 g/mol. The molecule has 0 fully saturated rings. The smallest absolute Gasteiger partial charge is 0.356 e. The Morgan fingerprint density at radius 1 is 1.50 bits per heavy atom. The van der Waals surface area contributed by atoms with Gasteiger partial charge in [-0.05, 0) is 12.1 Å². The number of nitrogens with one attached hydrogen (secondary N) is 1. The van der Waals surface area contributed by atoms with E-state index in [2.05, 4.69) is 9.50 Å². The lowest BCUT2D eigenvalue weighted by atomic mass is 10.3. The Hall–Kier alpha value is -1.67. The van der Waals surface area contributed by atoms with Crippen molar-refractivity contribution in [2.45, 2.75) is 6.92 Å². The van der Waals surface area contributed by atoms with E-state index in [1.54, 1.807) is 0 Å². The highest BCUT2D eigenvalue weighted by atomic mass is 32.3. The van der Waals surface area contributed by atoms with E-state index in [0.29, 0.717) is 0 Å². The van der Waals surface area contributed by atoms with Gasteiger partial charge in [0.15, 0.2) is 5.82 Å². The second-order valence-corrected chi connectivity index (χ2v) is 3.83. The second kappa shape index (κ2) is 4.45. The zero-order chi connectivity index (χ0) is 12.3. The van der Waals surface area contributed by atoms with Crippen LogP contribution in [0.5, 0.6) is 5.75 Å². The fourth-order valence-electron chi connectivity index (χ4n) is 0.987. The van der Waals surface area contributed by atoms with E-state index in [9.17, 15) is 17.6 Å². The molecule has 1 aromatic rings. The number of carbonyl (C=O) groups is 1. The first-order chi connectivity index (χ1) is 7.29. The van der Waals surface area contributed by atoms with Gasteiger partial charge in [-0.2, -0.15) is 8.42 Å². The van der Waals surface area contributed by atoms with Crippen molar-refractivity contribution in [1.29, 1.82) is 0 Å². The van der Waals surface area contributed by atoms with Gasteiger partial charge in [-0.15, -0.1) is 0 Å². The Labute approximate surface area is 91.0 Å². The minimum Gasteiger partial charge on any atom is -0.356 e. The summed E-state index contributed by atoms with van der Waals surface area (Å²) in [5.41, 5.74) is -0.190. The molecule has 2 N–H and O–H groups in total. The molecule has 0 radical (unpaired) electrons. The zero-order valence-corrected chi connectivity index (χ0v) is 8.91. The van der Waals surface area contributed by atoms with Crippen molar-refractivity contribution in [3.63, 3.8) is 0 Å². The summed E-state index contributed by atoms with van der Waals surface area (Å²) >= 11 is 0. The molecule has 16 heavy (non-hydrogen) atoms. The van der Waals surface area contributed by atoms with Crippen LogP contribution in [0.4, 0.5) is 10.1 Å². The molecular weight excluding hydrogens is 241 g/mol. The van der Waals surface area contributed by atoms with Crippen LogP contribution in [-0.2, 0) is 15.2 Å². The molecule has 0 bridgehead atoms. The normalized spacial score (nSPS) is 10.9. The van der Waals surface area contributed by atoms with E-state index in [-0.39, 0.29) is 5.69 Å². The number of hydrogen-bond acceptors (Lipinski definition) is 4. The molecule has 0 aliphatic heterocycles. The molecule has 0 aromatic heterocycles. The van der Waals surface area contributed by atoms with E-state index >= 15 is 0 Å². The topological polar surface area (TPSA) is 92.7 Å². The summed E-state index contributed by atoms with van der Waals surface area (Å²) in [6.45, 7) is 1.15. The fraction of sp³-hybridized carbons (Fsp3) is 0.125. The van der Waals surface area contributed by atoms with Crippen LogP contribution in [0.3, 0.4) is 0 Å². The molecule has 0 aliphatic rings. The molecule has 1 rings (SSSR count). The summed E-state index contributed by atoms with van der Waals surface area (Å²) in [5.74, 6) is -2.32. The van der Waals surface area contributed by atoms with Crippen LogP contribution in [0.15, 0.2) is 18.2 Å². The van der Waals surface area contributed by atoms with E-state index < -0.39 is 27.9 Å². The van der Waals surface area contributed by atoms with Crippen LogP contribution in [0.1, 0.15) is 6.92 Å². The van der Waals surface area contributed by atoms with E-state index in [1.807, 2.05) is 0 Å². The third kappa shape index (κ3) is 3.48. The number of rotatable bonds is 3. The first-order valence-corrected chi connectivity index (χ1v) is 5.39. The lowest BCUT2D eigenvalue weighted by Crippen LogP contribution is -2.12. The maximum absolute atomic E-state index is 13.2. The number of halogens is 1. The van der Waals surface area contributed by atoms with Crippen molar-refractivity contribution in [3.8, 4) is 5.75 Å². The highest BCUT2D eigenvalue weighted by Crippen LogP contribution is 2.28. The molecule has 0 heterocycles. The molecule has 0 saturated carbocycles. The number of anilines is 1. The predicted octanol–water partition coefficient (Wildman–Crippen LogP) is 0.966. The highest BCUT2D eigenvalue weighted by Gasteiger charge is 2.17. The molecular formula is C8H8FNO5S. The minimum absolute atomic E-state index is 0.190. The summed E-state index contributed by atoms with van der Waals surface area (Å²) in [6.07, 6.45) is 0. The Morgan fingerprint density at radius 3 is 2.62 bits per heavy atom. The van der Waals surface area contributed by atoms with Crippen LogP contribution >= 0.6 is 0 Å². The van der Waals surface area contributed by atoms with Gasteiger partial charge >= 0.3 is 10.4 Å². The highest BCUT2D eigenvalue weighted by molar-refractivity contribution is 7.81. The van der Waals surface area contributed by atoms with Crippen molar-refractivity contribution in [1.82, 2.24) is 0 Å². The SMILES string of the molecule is CC(=O)Nc1cccc(F)c1OS(=O)(=O)O. The predicted molar refractivity (Wildman–Crippen MR) is 52.9 cm³/mol. The average Bonchev–Trinajstić information content (AvgIpc) is 2.08. The van der Waals surface area contributed by atoms with Crippen molar-refractivity contribution in [2.24, 2.45) is 0 Å². The zero-order valence-electron chi connectivity index (χ0n) is 8.10. The fourth-order valence-corrected chi connectivity index (χ4v) is 1.37. The lowest BCUT2D eigenvalue weighted by molar-refractivity contribution is -0.114. The van der Waals surface area contributed by atoms with Crippen LogP contribution in [0.2, 0.25) is 0 Å². The van der Waals surface area contributed by atoms with Gasteiger partial charge in [0.1, 0.15) is 0 Å². The number of benzene rings is 1. The van der Waals surface area contributed by atoms with Crippen molar-refractivity contribution < 1.29 is 26.3 Å². The Bertz CT molecular complexity index is 513.